The second kappa shape index (κ2) is 3.20. The molecular weight excluding hydrogens is 176 g/mol. The summed E-state index contributed by atoms with van der Waals surface area (Å²) >= 11 is 0. The summed E-state index contributed by atoms with van der Waals surface area (Å²) in [6, 6.07) is 1.84. The number of amides is 1. The molecule has 1 aromatic carbocycles. The molecule has 0 spiro atoms. The number of hydrogen-bond donors (Lipinski definition) is 5. The van der Waals surface area contributed by atoms with Crippen LogP contribution in [0.5, 0.6) is 17.2 Å². The van der Waals surface area contributed by atoms with Crippen LogP contribution in [0.25, 0.3) is 0 Å². The second-order valence-corrected chi connectivity index (χ2v) is 2.33. The molecule has 0 aliphatic rings. The maximum absolute atomic E-state index is 10.9. The van der Waals surface area contributed by atoms with Crippen molar-refractivity contribution in [2.45, 2.75) is 0 Å². The zero-order valence-electron chi connectivity index (χ0n) is 6.48. The summed E-state index contributed by atoms with van der Waals surface area (Å²) in [6.45, 7) is 0. The summed E-state index contributed by atoms with van der Waals surface area (Å²) in [7, 11) is 0. The second-order valence-electron chi connectivity index (χ2n) is 2.33. The summed E-state index contributed by atoms with van der Waals surface area (Å²) in [6.07, 6.45) is 0. The van der Waals surface area contributed by atoms with Gasteiger partial charge in [0.25, 0.3) is 5.91 Å². The molecule has 6 heteroatoms. The number of carbonyl (C=O) groups is 1. The normalized spacial score (nSPS) is 9.62. The van der Waals surface area contributed by atoms with Gasteiger partial charge in [0.1, 0.15) is 22.8 Å². The summed E-state index contributed by atoms with van der Waals surface area (Å²) in [5.74, 6) is 2.53. The summed E-state index contributed by atoms with van der Waals surface area (Å²) < 4.78 is 0. The predicted octanol–water partition coefficient (Wildman–Crippen LogP) is -0.593. The van der Waals surface area contributed by atoms with Crippen molar-refractivity contribution in [3.63, 3.8) is 0 Å². The number of nitrogens with one attached hydrogen (secondary N) is 1. The Morgan fingerprint density at radius 3 is 2.08 bits per heavy atom. The van der Waals surface area contributed by atoms with Crippen LogP contribution in [-0.4, -0.2) is 21.2 Å². The molecule has 13 heavy (non-hydrogen) atoms. The number of rotatable bonds is 1. The number of benzene rings is 1. The molecule has 0 bridgehead atoms. The van der Waals surface area contributed by atoms with Gasteiger partial charge in [-0.15, -0.1) is 0 Å². The van der Waals surface area contributed by atoms with Crippen molar-refractivity contribution in [2.24, 2.45) is 5.84 Å². The topological polar surface area (TPSA) is 116 Å². The first kappa shape index (κ1) is 9.14. The molecule has 0 aliphatic carbocycles. The predicted molar refractivity (Wildman–Crippen MR) is 43.1 cm³/mol. The van der Waals surface area contributed by atoms with Crippen LogP contribution in [0.1, 0.15) is 10.4 Å². The number of hydrazine groups is 1. The Hall–Kier alpha value is -1.95. The van der Waals surface area contributed by atoms with Crippen molar-refractivity contribution in [3.05, 3.63) is 17.7 Å². The van der Waals surface area contributed by atoms with Gasteiger partial charge in [-0.25, -0.2) is 5.84 Å². The van der Waals surface area contributed by atoms with Gasteiger partial charge in [-0.05, 0) is 0 Å². The number of hydrogen-bond acceptors (Lipinski definition) is 5. The maximum Gasteiger partial charge on any atom is 0.272 e. The lowest BCUT2D eigenvalue weighted by Gasteiger charge is -2.05. The van der Waals surface area contributed by atoms with Gasteiger partial charge < -0.3 is 15.3 Å². The SMILES string of the molecule is NNC(=O)c1c(O)cc(O)cc1O. The Kier molecular flexibility index (Phi) is 2.25. The van der Waals surface area contributed by atoms with E-state index in [1.54, 1.807) is 5.43 Å². The minimum atomic E-state index is -0.838. The number of carbonyl (C=O) groups excluding carboxylic acids is 1. The van der Waals surface area contributed by atoms with Crippen LogP contribution < -0.4 is 11.3 Å². The third-order valence-corrected chi connectivity index (χ3v) is 1.44. The molecule has 0 fully saturated rings. The highest BCUT2D eigenvalue weighted by Gasteiger charge is 2.16. The minimum Gasteiger partial charge on any atom is -0.508 e. The van der Waals surface area contributed by atoms with Crippen LogP contribution in [0.2, 0.25) is 0 Å². The standard InChI is InChI=1S/C7H8N2O4/c8-9-7(13)6-4(11)1-3(10)2-5(6)12/h1-2,10-12H,8H2,(H,9,13). The van der Waals surface area contributed by atoms with E-state index in [1.807, 2.05) is 0 Å². The molecular formula is C7H8N2O4. The number of nitrogen functional groups attached to an aromatic ring is 1. The van der Waals surface area contributed by atoms with Crippen LogP contribution in [0.4, 0.5) is 0 Å². The van der Waals surface area contributed by atoms with Gasteiger partial charge in [-0.3, -0.25) is 10.2 Å². The van der Waals surface area contributed by atoms with Gasteiger partial charge in [0.15, 0.2) is 0 Å². The van der Waals surface area contributed by atoms with Crippen molar-refractivity contribution >= 4 is 5.91 Å². The summed E-state index contributed by atoms with van der Waals surface area (Å²) in [5, 5.41) is 27.2. The Labute approximate surface area is 73.2 Å². The molecule has 0 unspecified atom stereocenters. The zero-order chi connectivity index (χ0) is 10.0. The molecule has 6 N–H and O–H groups in total. The fourth-order valence-corrected chi connectivity index (χ4v) is 0.902. The summed E-state index contributed by atoms with van der Waals surface area (Å²) in [4.78, 5) is 10.9. The van der Waals surface area contributed by atoms with E-state index in [2.05, 4.69) is 0 Å². The van der Waals surface area contributed by atoms with E-state index in [9.17, 15) is 4.79 Å². The minimum absolute atomic E-state index is 0.344. The molecule has 70 valence electrons. The van der Waals surface area contributed by atoms with E-state index in [0.717, 1.165) is 12.1 Å². The highest BCUT2D eigenvalue weighted by atomic mass is 16.3. The van der Waals surface area contributed by atoms with Crippen molar-refractivity contribution < 1.29 is 20.1 Å². The lowest BCUT2D eigenvalue weighted by molar-refractivity contribution is 0.0948. The van der Waals surface area contributed by atoms with E-state index >= 15 is 0 Å². The fraction of sp³-hybridized carbons (Fsp3) is 0. The Balaban J connectivity index is 3.28. The number of aromatic hydroxyl groups is 3. The van der Waals surface area contributed by atoms with Crippen LogP contribution in [-0.2, 0) is 0 Å². The van der Waals surface area contributed by atoms with Crippen molar-refractivity contribution in [3.8, 4) is 17.2 Å². The quantitative estimate of drug-likeness (QED) is 0.227. The molecule has 6 nitrogen and oxygen atoms in total. The zero-order valence-corrected chi connectivity index (χ0v) is 6.48. The molecule has 0 aromatic heterocycles. The van der Waals surface area contributed by atoms with E-state index in [4.69, 9.17) is 21.2 Å². The van der Waals surface area contributed by atoms with Crippen LogP contribution >= 0.6 is 0 Å². The van der Waals surface area contributed by atoms with Crippen molar-refractivity contribution in [1.29, 1.82) is 0 Å². The van der Waals surface area contributed by atoms with Crippen molar-refractivity contribution in [2.75, 3.05) is 0 Å². The average molecular weight is 184 g/mol. The molecule has 1 aromatic rings. The molecule has 0 radical (unpaired) electrons. The van der Waals surface area contributed by atoms with Gasteiger partial charge >= 0.3 is 0 Å². The molecule has 0 saturated carbocycles. The van der Waals surface area contributed by atoms with E-state index in [0.29, 0.717) is 0 Å². The third-order valence-electron chi connectivity index (χ3n) is 1.44. The fourth-order valence-electron chi connectivity index (χ4n) is 0.902. The van der Waals surface area contributed by atoms with Gasteiger partial charge in [-0.2, -0.15) is 0 Å². The van der Waals surface area contributed by atoms with Gasteiger partial charge in [-0.1, -0.05) is 0 Å². The largest absolute Gasteiger partial charge is 0.508 e. The van der Waals surface area contributed by atoms with Gasteiger partial charge in [0.05, 0.1) is 0 Å². The third kappa shape index (κ3) is 1.62. The Bertz CT molecular complexity index is 327. The van der Waals surface area contributed by atoms with Gasteiger partial charge in [0, 0.05) is 12.1 Å². The molecule has 0 atom stereocenters. The average Bonchev–Trinajstić information content (AvgIpc) is 2.02. The highest BCUT2D eigenvalue weighted by molar-refractivity contribution is 5.99. The highest BCUT2D eigenvalue weighted by Crippen LogP contribution is 2.31. The van der Waals surface area contributed by atoms with E-state index in [1.165, 1.54) is 0 Å². The maximum atomic E-state index is 10.9. The van der Waals surface area contributed by atoms with Crippen LogP contribution in [0, 0.1) is 0 Å². The van der Waals surface area contributed by atoms with Gasteiger partial charge in [0.2, 0.25) is 0 Å². The molecule has 0 heterocycles. The lowest BCUT2D eigenvalue weighted by Crippen LogP contribution is -2.30. The smallest absolute Gasteiger partial charge is 0.272 e. The monoisotopic (exact) mass is 184 g/mol. The van der Waals surface area contributed by atoms with Crippen molar-refractivity contribution in [1.82, 2.24) is 5.43 Å². The lowest BCUT2D eigenvalue weighted by atomic mass is 10.1. The van der Waals surface area contributed by atoms with E-state index < -0.39 is 17.4 Å². The summed E-state index contributed by atoms with van der Waals surface area (Å²) in [5.41, 5.74) is 1.37. The first-order valence-electron chi connectivity index (χ1n) is 3.32. The number of phenols is 3. The van der Waals surface area contributed by atoms with Crippen LogP contribution in [0.15, 0.2) is 12.1 Å². The number of phenolic OH excluding ortho intramolecular Hbond substituents is 3. The first-order chi connectivity index (χ1) is 6.06. The first-order valence-corrected chi connectivity index (χ1v) is 3.32. The van der Waals surface area contributed by atoms with E-state index in [-0.39, 0.29) is 11.3 Å². The molecule has 1 rings (SSSR count). The Morgan fingerprint density at radius 1 is 1.23 bits per heavy atom. The Morgan fingerprint density at radius 2 is 1.69 bits per heavy atom. The van der Waals surface area contributed by atoms with Crippen LogP contribution in [0.3, 0.4) is 0 Å². The molecule has 0 aliphatic heterocycles. The molecule has 0 saturated heterocycles. The molecule has 1 amide bonds. The number of nitrogens with two attached hydrogens (primary N) is 1.